The molecule has 0 saturated heterocycles. The van der Waals surface area contributed by atoms with Gasteiger partial charge in [0.1, 0.15) is 0 Å². The summed E-state index contributed by atoms with van der Waals surface area (Å²) in [5, 5.41) is 30.4. The van der Waals surface area contributed by atoms with Gasteiger partial charge in [0.15, 0.2) is 0 Å². The van der Waals surface area contributed by atoms with Gasteiger partial charge in [-0.2, -0.15) is 0 Å². The molecule has 3 N–H and O–H groups in total. The molecule has 3 heteroatoms. The second-order valence-corrected chi connectivity index (χ2v) is 6.69. The van der Waals surface area contributed by atoms with Crippen LogP contribution in [0, 0.1) is 17.3 Å². The number of aliphatic hydroxyl groups excluding tert-OH is 2. The van der Waals surface area contributed by atoms with Crippen molar-refractivity contribution in [1.29, 1.82) is 0 Å². The largest absolute Gasteiger partial charge is 0.396 e. The molecule has 2 aliphatic carbocycles. The van der Waals surface area contributed by atoms with Crippen molar-refractivity contribution in [2.45, 2.75) is 58.2 Å². The van der Waals surface area contributed by atoms with Crippen molar-refractivity contribution in [1.82, 2.24) is 0 Å². The summed E-state index contributed by atoms with van der Waals surface area (Å²) < 4.78 is 0. The number of rotatable bonds is 2. The molecule has 0 amide bonds. The van der Waals surface area contributed by atoms with E-state index in [1.807, 2.05) is 0 Å². The van der Waals surface area contributed by atoms with Crippen LogP contribution in [0.1, 0.15) is 46.5 Å². The summed E-state index contributed by atoms with van der Waals surface area (Å²) in [5.74, 6) is 0.500. The van der Waals surface area contributed by atoms with Crippen molar-refractivity contribution in [3.63, 3.8) is 0 Å². The highest BCUT2D eigenvalue weighted by atomic mass is 16.3. The Hall–Kier alpha value is -0.380. The van der Waals surface area contributed by atoms with Gasteiger partial charge in [-0.05, 0) is 38.0 Å². The first kappa shape index (κ1) is 14.0. The lowest BCUT2D eigenvalue weighted by atomic mass is 9.58. The van der Waals surface area contributed by atoms with Crippen LogP contribution in [-0.2, 0) is 0 Å². The third kappa shape index (κ3) is 2.02. The number of aliphatic hydroxyl groups is 3. The van der Waals surface area contributed by atoms with E-state index in [4.69, 9.17) is 0 Å². The van der Waals surface area contributed by atoms with Gasteiger partial charge < -0.3 is 15.3 Å². The molecule has 3 nitrogen and oxygen atoms in total. The van der Waals surface area contributed by atoms with Crippen molar-refractivity contribution in [2.24, 2.45) is 17.3 Å². The minimum atomic E-state index is -0.769. The van der Waals surface area contributed by atoms with Gasteiger partial charge in [0.25, 0.3) is 0 Å². The summed E-state index contributed by atoms with van der Waals surface area (Å²) in [6, 6.07) is 0. The smallest absolute Gasteiger partial charge is 0.0664 e. The second kappa shape index (κ2) is 4.62. The molecule has 0 heterocycles. The standard InChI is InChI=1S/C15H26O3/c1-10(2)12-5-4-11(9-16)15(12)7-6-14(3,18)8-13(15)17/h5,10-11,13,16-18H,4,6-9H2,1-3H3/t11-,13-,14-,15-/m1/s1. The predicted molar refractivity (Wildman–Crippen MR) is 71.0 cm³/mol. The molecule has 104 valence electrons. The molecule has 0 bridgehead atoms. The van der Waals surface area contributed by atoms with E-state index in [1.165, 1.54) is 5.57 Å². The van der Waals surface area contributed by atoms with Crippen molar-refractivity contribution < 1.29 is 15.3 Å². The monoisotopic (exact) mass is 254 g/mol. The average molecular weight is 254 g/mol. The highest BCUT2D eigenvalue weighted by Crippen LogP contribution is 2.56. The fourth-order valence-corrected chi connectivity index (χ4v) is 4.07. The third-order valence-corrected chi connectivity index (χ3v) is 5.04. The van der Waals surface area contributed by atoms with E-state index >= 15 is 0 Å². The molecule has 0 aromatic rings. The van der Waals surface area contributed by atoms with Gasteiger partial charge >= 0.3 is 0 Å². The van der Waals surface area contributed by atoms with Crippen LogP contribution in [0.2, 0.25) is 0 Å². The fraction of sp³-hybridized carbons (Fsp3) is 0.867. The van der Waals surface area contributed by atoms with E-state index in [0.717, 1.165) is 12.8 Å². The van der Waals surface area contributed by atoms with Crippen molar-refractivity contribution in [2.75, 3.05) is 6.61 Å². The van der Waals surface area contributed by atoms with E-state index in [-0.39, 0.29) is 17.9 Å². The lowest BCUT2D eigenvalue weighted by Crippen LogP contribution is -2.51. The predicted octanol–water partition coefficient (Wildman–Crippen LogP) is 1.86. The van der Waals surface area contributed by atoms with Gasteiger partial charge in [-0.25, -0.2) is 0 Å². The molecule has 2 rings (SSSR count). The van der Waals surface area contributed by atoms with E-state index < -0.39 is 11.7 Å². The first-order chi connectivity index (χ1) is 8.33. The summed E-state index contributed by atoms with van der Waals surface area (Å²) in [6.45, 7) is 6.20. The normalized spacial score (nSPS) is 44.7. The average Bonchev–Trinajstić information content (AvgIpc) is 2.63. The number of hydrogen-bond acceptors (Lipinski definition) is 3. The molecule has 0 aromatic carbocycles. The Morgan fingerprint density at radius 3 is 2.56 bits per heavy atom. The molecule has 2 aliphatic rings. The molecule has 1 fully saturated rings. The number of hydrogen-bond donors (Lipinski definition) is 3. The summed E-state index contributed by atoms with van der Waals surface area (Å²) in [7, 11) is 0. The summed E-state index contributed by atoms with van der Waals surface area (Å²) in [5.41, 5.74) is 0.213. The molecule has 1 saturated carbocycles. The van der Waals surface area contributed by atoms with Crippen LogP contribution in [0.4, 0.5) is 0 Å². The summed E-state index contributed by atoms with van der Waals surface area (Å²) in [6.07, 6.45) is 4.39. The van der Waals surface area contributed by atoms with Crippen LogP contribution >= 0.6 is 0 Å². The molecule has 4 atom stereocenters. The summed E-state index contributed by atoms with van der Waals surface area (Å²) >= 11 is 0. The SMILES string of the molecule is CC(C)C1=CC[C@H](CO)[C@]12CC[C@@](C)(O)C[C@H]2O. The molecular weight excluding hydrogens is 228 g/mol. The van der Waals surface area contributed by atoms with Crippen molar-refractivity contribution in [3.05, 3.63) is 11.6 Å². The quantitative estimate of drug-likeness (QED) is 0.659. The molecular formula is C15H26O3. The van der Waals surface area contributed by atoms with Crippen LogP contribution in [0.25, 0.3) is 0 Å². The molecule has 0 radical (unpaired) electrons. The zero-order chi connectivity index (χ0) is 13.6. The molecule has 1 spiro atoms. The Kier molecular flexibility index (Phi) is 3.60. The fourth-order valence-electron chi connectivity index (χ4n) is 4.07. The maximum absolute atomic E-state index is 10.6. The van der Waals surface area contributed by atoms with E-state index in [2.05, 4.69) is 19.9 Å². The van der Waals surface area contributed by atoms with Crippen LogP contribution in [0.3, 0.4) is 0 Å². The van der Waals surface area contributed by atoms with Gasteiger partial charge in [-0.15, -0.1) is 0 Å². The first-order valence-electron chi connectivity index (χ1n) is 7.05. The van der Waals surface area contributed by atoms with Gasteiger partial charge in [-0.1, -0.05) is 25.5 Å². The van der Waals surface area contributed by atoms with Crippen molar-refractivity contribution >= 4 is 0 Å². The minimum absolute atomic E-state index is 0.112. The molecule has 0 unspecified atom stereocenters. The van der Waals surface area contributed by atoms with Crippen LogP contribution in [-0.4, -0.2) is 33.6 Å². The molecule has 0 aromatic heterocycles. The molecule has 18 heavy (non-hydrogen) atoms. The van der Waals surface area contributed by atoms with Gasteiger partial charge in [-0.3, -0.25) is 0 Å². The van der Waals surface area contributed by atoms with E-state index in [9.17, 15) is 15.3 Å². The zero-order valence-corrected chi connectivity index (χ0v) is 11.7. The molecule has 0 aliphatic heterocycles. The lowest BCUT2D eigenvalue weighted by Gasteiger charge is -2.50. The van der Waals surface area contributed by atoms with E-state index in [1.54, 1.807) is 6.92 Å². The summed E-state index contributed by atoms with van der Waals surface area (Å²) in [4.78, 5) is 0. The second-order valence-electron chi connectivity index (χ2n) is 6.69. The highest BCUT2D eigenvalue weighted by Gasteiger charge is 2.54. The van der Waals surface area contributed by atoms with Gasteiger partial charge in [0.2, 0.25) is 0 Å². The maximum atomic E-state index is 10.6. The Balaban J connectivity index is 2.34. The van der Waals surface area contributed by atoms with Crippen molar-refractivity contribution in [3.8, 4) is 0 Å². The minimum Gasteiger partial charge on any atom is -0.396 e. The zero-order valence-electron chi connectivity index (χ0n) is 11.7. The van der Waals surface area contributed by atoms with Crippen LogP contribution in [0.5, 0.6) is 0 Å². The third-order valence-electron chi connectivity index (χ3n) is 5.04. The first-order valence-corrected chi connectivity index (χ1v) is 7.05. The Bertz CT molecular complexity index is 346. The van der Waals surface area contributed by atoms with Crippen LogP contribution < -0.4 is 0 Å². The topological polar surface area (TPSA) is 60.7 Å². The Labute approximate surface area is 110 Å². The van der Waals surface area contributed by atoms with E-state index in [0.29, 0.717) is 18.8 Å². The van der Waals surface area contributed by atoms with Gasteiger partial charge in [0.05, 0.1) is 11.7 Å². The Morgan fingerprint density at radius 1 is 1.39 bits per heavy atom. The Morgan fingerprint density at radius 2 is 2.06 bits per heavy atom. The van der Waals surface area contributed by atoms with Crippen LogP contribution in [0.15, 0.2) is 11.6 Å². The highest BCUT2D eigenvalue weighted by molar-refractivity contribution is 5.28. The number of allylic oxidation sites excluding steroid dienone is 1. The van der Waals surface area contributed by atoms with Gasteiger partial charge in [0, 0.05) is 18.4 Å². The maximum Gasteiger partial charge on any atom is 0.0664 e. The lowest BCUT2D eigenvalue weighted by molar-refractivity contribution is -0.111.